The number of halogens is 2. The predicted octanol–water partition coefficient (Wildman–Crippen LogP) is 2.05. The highest BCUT2D eigenvalue weighted by molar-refractivity contribution is 5.33. The molecule has 0 saturated heterocycles. The van der Waals surface area contributed by atoms with Gasteiger partial charge in [-0.3, -0.25) is 4.68 Å². The molecule has 0 fully saturated rings. The van der Waals surface area contributed by atoms with Crippen LogP contribution in [0.5, 0.6) is 0 Å². The second kappa shape index (κ2) is 4.25. The number of nitrogens with zero attached hydrogens (tertiary/aromatic N) is 2. The fourth-order valence-corrected chi connectivity index (χ4v) is 1.95. The first kappa shape index (κ1) is 11.7. The molecular weight excluding hydrogens is 224 g/mol. The second-order valence-corrected chi connectivity index (χ2v) is 3.95. The summed E-state index contributed by atoms with van der Waals surface area (Å²) in [5.74, 6) is -1.28. The normalized spacial score (nSPS) is 12.8. The Labute approximate surface area is 97.9 Å². The topological polar surface area (TPSA) is 43.8 Å². The molecule has 0 bridgehead atoms. The van der Waals surface area contributed by atoms with Gasteiger partial charge in [-0.25, -0.2) is 8.78 Å². The van der Waals surface area contributed by atoms with Gasteiger partial charge in [0.05, 0.1) is 17.9 Å². The van der Waals surface area contributed by atoms with Gasteiger partial charge in [0.15, 0.2) is 0 Å². The van der Waals surface area contributed by atoms with Crippen molar-refractivity contribution in [1.82, 2.24) is 9.78 Å². The number of nitrogens with two attached hydrogens (primary N) is 1. The van der Waals surface area contributed by atoms with Gasteiger partial charge in [0, 0.05) is 12.6 Å². The number of hydrogen-bond acceptors (Lipinski definition) is 2. The van der Waals surface area contributed by atoms with E-state index in [0.717, 1.165) is 5.56 Å². The van der Waals surface area contributed by atoms with Gasteiger partial charge in [-0.1, -0.05) is 6.07 Å². The molecule has 0 saturated carbocycles. The molecule has 17 heavy (non-hydrogen) atoms. The number of rotatable bonds is 2. The summed E-state index contributed by atoms with van der Waals surface area (Å²) in [6.07, 6.45) is 1.62. The van der Waals surface area contributed by atoms with Crippen LogP contribution in [-0.4, -0.2) is 9.78 Å². The molecular formula is C12H13F2N3. The monoisotopic (exact) mass is 237 g/mol. The zero-order valence-corrected chi connectivity index (χ0v) is 9.61. The Kier molecular flexibility index (Phi) is 2.93. The van der Waals surface area contributed by atoms with Gasteiger partial charge < -0.3 is 5.73 Å². The van der Waals surface area contributed by atoms with Crippen molar-refractivity contribution >= 4 is 0 Å². The van der Waals surface area contributed by atoms with E-state index in [4.69, 9.17) is 5.73 Å². The lowest BCUT2D eigenvalue weighted by Gasteiger charge is -2.15. The molecule has 0 aliphatic heterocycles. The molecule has 1 heterocycles. The van der Waals surface area contributed by atoms with Gasteiger partial charge >= 0.3 is 0 Å². The number of benzene rings is 1. The van der Waals surface area contributed by atoms with Crippen LogP contribution in [0.25, 0.3) is 0 Å². The molecule has 0 radical (unpaired) electrons. The first-order valence-electron chi connectivity index (χ1n) is 5.20. The van der Waals surface area contributed by atoms with E-state index < -0.39 is 17.7 Å². The molecule has 2 rings (SSSR count). The maximum absolute atomic E-state index is 13.6. The SMILES string of the molecule is Cc1cnn(C)c1C(N)c1c(F)cccc1F. The van der Waals surface area contributed by atoms with E-state index >= 15 is 0 Å². The van der Waals surface area contributed by atoms with Crippen molar-refractivity contribution in [2.24, 2.45) is 12.8 Å². The Morgan fingerprint density at radius 2 is 1.88 bits per heavy atom. The van der Waals surface area contributed by atoms with E-state index in [1.165, 1.54) is 22.9 Å². The van der Waals surface area contributed by atoms with E-state index in [1.807, 2.05) is 0 Å². The molecule has 1 atom stereocenters. The van der Waals surface area contributed by atoms with Crippen molar-refractivity contribution < 1.29 is 8.78 Å². The Morgan fingerprint density at radius 3 is 2.35 bits per heavy atom. The highest BCUT2D eigenvalue weighted by Crippen LogP contribution is 2.26. The summed E-state index contributed by atoms with van der Waals surface area (Å²) in [5, 5.41) is 4.01. The Balaban J connectivity index is 2.55. The van der Waals surface area contributed by atoms with E-state index in [-0.39, 0.29) is 5.56 Å². The fraction of sp³-hybridized carbons (Fsp3) is 0.250. The second-order valence-electron chi connectivity index (χ2n) is 3.95. The van der Waals surface area contributed by atoms with Gasteiger partial charge in [-0.05, 0) is 24.6 Å². The lowest BCUT2D eigenvalue weighted by Crippen LogP contribution is -2.19. The molecule has 1 unspecified atom stereocenters. The lowest BCUT2D eigenvalue weighted by molar-refractivity contribution is 0.533. The molecule has 0 amide bonds. The van der Waals surface area contributed by atoms with Crippen molar-refractivity contribution in [2.75, 3.05) is 0 Å². The third kappa shape index (κ3) is 1.93. The average Bonchev–Trinajstić information content (AvgIpc) is 2.58. The average molecular weight is 237 g/mol. The molecule has 5 heteroatoms. The predicted molar refractivity (Wildman–Crippen MR) is 60.3 cm³/mol. The van der Waals surface area contributed by atoms with E-state index in [1.54, 1.807) is 20.2 Å². The molecule has 2 N–H and O–H groups in total. The Bertz CT molecular complexity index is 509. The number of aromatic nitrogens is 2. The molecule has 0 spiro atoms. The summed E-state index contributed by atoms with van der Waals surface area (Å²) in [4.78, 5) is 0. The molecule has 3 nitrogen and oxygen atoms in total. The van der Waals surface area contributed by atoms with Crippen LogP contribution in [0, 0.1) is 18.6 Å². The Hall–Kier alpha value is -1.75. The first-order chi connectivity index (χ1) is 8.02. The fourth-order valence-electron chi connectivity index (χ4n) is 1.95. The molecule has 2 aromatic rings. The van der Waals surface area contributed by atoms with Crippen molar-refractivity contribution in [1.29, 1.82) is 0 Å². The van der Waals surface area contributed by atoms with Gasteiger partial charge in [0.2, 0.25) is 0 Å². The standard InChI is InChI=1S/C12H13F2N3/c1-7-6-16-17(2)12(7)11(15)10-8(13)4-3-5-9(10)14/h3-6,11H,15H2,1-2H3. The largest absolute Gasteiger partial charge is 0.319 e. The number of hydrogen-bond donors (Lipinski definition) is 1. The molecule has 90 valence electrons. The van der Waals surface area contributed by atoms with Crippen LogP contribution in [-0.2, 0) is 7.05 Å². The summed E-state index contributed by atoms with van der Waals surface area (Å²) < 4.78 is 28.7. The van der Waals surface area contributed by atoms with Crippen LogP contribution in [0.1, 0.15) is 22.9 Å². The summed E-state index contributed by atoms with van der Waals surface area (Å²) in [6, 6.07) is 2.86. The quantitative estimate of drug-likeness (QED) is 0.868. The van der Waals surface area contributed by atoms with Crippen LogP contribution < -0.4 is 5.73 Å². The smallest absolute Gasteiger partial charge is 0.131 e. The highest BCUT2D eigenvalue weighted by Gasteiger charge is 2.22. The van der Waals surface area contributed by atoms with Crippen LogP contribution in [0.2, 0.25) is 0 Å². The summed E-state index contributed by atoms with van der Waals surface area (Å²) in [6.45, 7) is 1.81. The minimum Gasteiger partial charge on any atom is -0.319 e. The van der Waals surface area contributed by atoms with Crippen LogP contribution in [0.3, 0.4) is 0 Å². The van der Waals surface area contributed by atoms with Crippen molar-refractivity contribution in [2.45, 2.75) is 13.0 Å². The van der Waals surface area contributed by atoms with Crippen LogP contribution in [0.15, 0.2) is 24.4 Å². The lowest BCUT2D eigenvalue weighted by atomic mass is 10.0. The van der Waals surface area contributed by atoms with E-state index in [0.29, 0.717) is 5.69 Å². The Morgan fingerprint density at radius 1 is 1.29 bits per heavy atom. The van der Waals surface area contributed by atoms with Crippen LogP contribution >= 0.6 is 0 Å². The molecule has 1 aromatic heterocycles. The first-order valence-corrected chi connectivity index (χ1v) is 5.20. The summed E-state index contributed by atoms with van der Waals surface area (Å²) in [7, 11) is 1.70. The molecule has 0 aliphatic rings. The number of aryl methyl sites for hydroxylation is 2. The van der Waals surface area contributed by atoms with Crippen molar-refractivity contribution in [3.8, 4) is 0 Å². The third-order valence-electron chi connectivity index (χ3n) is 2.78. The van der Waals surface area contributed by atoms with E-state index in [9.17, 15) is 8.78 Å². The summed E-state index contributed by atoms with van der Waals surface area (Å²) >= 11 is 0. The summed E-state index contributed by atoms with van der Waals surface area (Å²) in [5.41, 5.74) is 7.21. The minimum atomic E-state index is -0.858. The van der Waals surface area contributed by atoms with Gasteiger partial charge in [-0.15, -0.1) is 0 Å². The highest BCUT2D eigenvalue weighted by atomic mass is 19.1. The van der Waals surface area contributed by atoms with Crippen molar-refractivity contribution in [3.05, 3.63) is 52.9 Å². The maximum atomic E-state index is 13.6. The molecule has 1 aromatic carbocycles. The van der Waals surface area contributed by atoms with E-state index in [2.05, 4.69) is 5.10 Å². The van der Waals surface area contributed by atoms with Crippen LogP contribution in [0.4, 0.5) is 8.78 Å². The van der Waals surface area contributed by atoms with Gasteiger partial charge in [-0.2, -0.15) is 5.10 Å². The zero-order chi connectivity index (χ0) is 12.6. The maximum Gasteiger partial charge on any atom is 0.131 e. The van der Waals surface area contributed by atoms with Gasteiger partial charge in [0.25, 0.3) is 0 Å². The zero-order valence-electron chi connectivity index (χ0n) is 9.61. The molecule has 0 aliphatic carbocycles. The van der Waals surface area contributed by atoms with Gasteiger partial charge in [0.1, 0.15) is 11.6 Å². The van der Waals surface area contributed by atoms with Crippen molar-refractivity contribution in [3.63, 3.8) is 0 Å². The minimum absolute atomic E-state index is 0.126. The third-order valence-corrected chi connectivity index (χ3v) is 2.78.